The Morgan fingerprint density at radius 2 is 1.20 bits per heavy atom. The Balaban J connectivity index is 1.21. The number of rotatable bonds is 4. The fraction of sp³-hybridized carbons (Fsp3) is 0.0750. The lowest BCUT2D eigenvalue weighted by atomic mass is 9.93. The van der Waals surface area contributed by atoms with Crippen LogP contribution in [0.5, 0.6) is 0 Å². The summed E-state index contributed by atoms with van der Waals surface area (Å²) in [5.41, 5.74) is 9.59. The minimum absolute atomic E-state index is 0.380. The van der Waals surface area contributed by atoms with Crippen molar-refractivity contribution in [2.24, 2.45) is 0 Å². The first-order chi connectivity index (χ1) is 22.2. The van der Waals surface area contributed by atoms with Gasteiger partial charge < -0.3 is 8.98 Å². The number of para-hydroxylation sites is 1. The third kappa shape index (κ3) is 4.20. The highest BCUT2D eigenvalue weighted by atomic mass is 16.3. The number of fused-ring (bicyclic) bond motifs is 6. The molecule has 0 saturated carbocycles. The number of hydrogen-bond acceptors (Lipinski definition) is 4. The Morgan fingerprint density at radius 3 is 1.87 bits per heavy atom. The molecule has 0 N–H and O–H groups in total. The summed E-state index contributed by atoms with van der Waals surface area (Å²) in [6.45, 7) is 2.31. The van der Waals surface area contributed by atoms with E-state index in [4.69, 9.17) is 19.4 Å². The van der Waals surface area contributed by atoms with Crippen LogP contribution in [0.2, 0.25) is 0 Å². The summed E-state index contributed by atoms with van der Waals surface area (Å²) < 4.78 is 8.72. The van der Waals surface area contributed by atoms with E-state index in [1.165, 1.54) is 22.2 Å². The molecule has 1 unspecified atom stereocenters. The molecule has 5 aromatic carbocycles. The van der Waals surface area contributed by atoms with Crippen LogP contribution in [0.1, 0.15) is 30.5 Å². The SMILES string of the molecule is CC1CC=Cc2c1n(-c1ccc(-c3nc(-c4ccccc4)nc(-c4ccccc4)n3)cc1)c1cc3c(cc21)oc1ccccc13. The Morgan fingerprint density at radius 1 is 0.600 bits per heavy atom. The average molecular weight is 581 g/mol. The second-order valence-corrected chi connectivity index (χ2v) is 11.7. The molecule has 45 heavy (non-hydrogen) atoms. The summed E-state index contributed by atoms with van der Waals surface area (Å²) >= 11 is 0. The molecule has 3 heterocycles. The van der Waals surface area contributed by atoms with Crippen molar-refractivity contribution in [1.82, 2.24) is 19.5 Å². The molecule has 5 nitrogen and oxygen atoms in total. The van der Waals surface area contributed by atoms with Gasteiger partial charge in [-0.05, 0) is 48.9 Å². The summed E-state index contributed by atoms with van der Waals surface area (Å²) in [7, 11) is 0. The quantitative estimate of drug-likeness (QED) is 0.208. The largest absolute Gasteiger partial charge is 0.456 e. The highest BCUT2D eigenvalue weighted by Crippen LogP contribution is 2.42. The van der Waals surface area contributed by atoms with Crippen molar-refractivity contribution in [2.45, 2.75) is 19.3 Å². The fourth-order valence-corrected chi connectivity index (χ4v) is 6.69. The van der Waals surface area contributed by atoms with Crippen LogP contribution < -0.4 is 0 Å². The Hall–Kier alpha value is -5.81. The first kappa shape index (κ1) is 25.7. The van der Waals surface area contributed by atoms with Crippen molar-refractivity contribution in [1.29, 1.82) is 0 Å². The van der Waals surface area contributed by atoms with Gasteiger partial charge >= 0.3 is 0 Å². The highest BCUT2D eigenvalue weighted by molar-refractivity contribution is 6.11. The minimum Gasteiger partial charge on any atom is -0.456 e. The molecule has 0 fully saturated rings. The number of furan rings is 1. The Kier molecular flexibility index (Phi) is 5.78. The van der Waals surface area contributed by atoms with Gasteiger partial charge in [0.15, 0.2) is 17.5 Å². The van der Waals surface area contributed by atoms with Crippen LogP contribution in [0.25, 0.3) is 78.8 Å². The summed E-state index contributed by atoms with van der Waals surface area (Å²) in [5, 5.41) is 3.48. The van der Waals surface area contributed by atoms with E-state index >= 15 is 0 Å². The van der Waals surface area contributed by atoms with E-state index in [0.717, 1.165) is 50.7 Å². The third-order valence-corrected chi connectivity index (χ3v) is 8.87. The van der Waals surface area contributed by atoms with Crippen molar-refractivity contribution in [3.63, 3.8) is 0 Å². The van der Waals surface area contributed by atoms with Crippen LogP contribution in [0.3, 0.4) is 0 Å². The third-order valence-electron chi connectivity index (χ3n) is 8.87. The maximum atomic E-state index is 6.29. The monoisotopic (exact) mass is 580 g/mol. The van der Waals surface area contributed by atoms with Gasteiger partial charge in [0.05, 0.1) is 5.52 Å². The summed E-state index contributed by atoms with van der Waals surface area (Å²) in [6, 6.07) is 41.6. The van der Waals surface area contributed by atoms with Gasteiger partial charge in [0, 0.05) is 55.7 Å². The molecule has 0 saturated heterocycles. The molecule has 0 spiro atoms. The average Bonchev–Trinajstić information content (AvgIpc) is 3.63. The van der Waals surface area contributed by atoms with Gasteiger partial charge in [-0.3, -0.25) is 0 Å². The van der Waals surface area contributed by atoms with E-state index in [9.17, 15) is 0 Å². The van der Waals surface area contributed by atoms with Gasteiger partial charge in [-0.15, -0.1) is 0 Å². The second-order valence-electron chi connectivity index (χ2n) is 11.7. The maximum absolute atomic E-state index is 6.29. The first-order valence-corrected chi connectivity index (χ1v) is 15.4. The molecule has 0 bridgehead atoms. The lowest BCUT2D eigenvalue weighted by molar-refractivity contribution is 0.669. The van der Waals surface area contributed by atoms with Crippen molar-refractivity contribution < 1.29 is 4.42 Å². The molecule has 3 aromatic heterocycles. The zero-order chi connectivity index (χ0) is 29.9. The fourth-order valence-electron chi connectivity index (χ4n) is 6.69. The molecular formula is C40H28N4O. The minimum atomic E-state index is 0.380. The van der Waals surface area contributed by atoms with E-state index < -0.39 is 0 Å². The van der Waals surface area contributed by atoms with E-state index in [2.05, 4.69) is 72.2 Å². The van der Waals surface area contributed by atoms with Crippen molar-refractivity contribution >= 4 is 38.9 Å². The number of hydrogen-bond donors (Lipinski definition) is 0. The predicted molar refractivity (Wildman–Crippen MR) is 182 cm³/mol. The van der Waals surface area contributed by atoms with Crippen molar-refractivity contribution in [2.75, 3.05) is 0 Å². The van der Waals surface area contributed by atoms with E-state index in [-0.39, 0.29) is 0 Å². The number of nitrogens with zero attached hydrogens (tertiary/aromatic N) is 4. The van der Waals surface area contributed by atoms with E-state index in [1.807, 2.05) is 72.8 Å². The van der Waals surface area contributed by atoms with Gasteiger partial charge in [-0.2, -0.15) is 0 Å². The molecule has 0 aliphatic heterocycles. The molecule has 5 heteroatoms. The maximum Gasteiger partial charge on any atom is 0.164 e. The summed E-state index contributed by atoms with van der Waals surface area (Å²) in [5.74, 6) is 2.35. The van der Waals surface area contributed by atoms with Gasteiger partial charge in [0.25, 0.3) is 0 Å². The topological polar surface area (TPSA) is 56.7 Å². The number of allylic oxidation sites excluding steroid dienone is 1. The second kappa shape index (κ2) is 10.1. The number of aromatic nitrogens is 4. The Labute approximate surface area is 260 Å². The van der Waals surface area contributed by atoms with Gasteiger partial charge in [-0.1, -0.05) is 97.9 Å². The van der Waals surface area contributed by atoms with Crippen molar-refractivity contribution in [3.8, 4) is 39.9 Å². The molecule has 0 radical (unpaired) electrons. The molecule has 214 valence electrons. The molecule has 8 aromatic rings. The van der Waals surface area contributed by atoms with Crippen LogP contribution in [-0.4, -0.2) is 19.5 Å². The van der Waals surface area contributed by atoms with E-state index in [1.54, 1.807) is 0 Å². The zero-order valence-corrected chi connectivity index (χ0v) is 24.7. The molecule has 0 amide bonds. The molecule has 9 rings (SSSR count). The highest BCUT2D eigenvalue weighted by Gasteiger charge is 2.25. The standard InChI is InChI=1S/C40H28N4O/c1-25-11-10-17-31-32-24-36-33(30-16-8-9-18-35(30)45-36)23-34(32)44(37(25)31)29-21-19-28(20-22-29)40-42-38(26-12-4-2-5-13-26)41-39(43-40)27-14-6-3-7-15-27/h2-10,12-25H,11H2,1H3. The first-order valence-electron chi connectivity index (χ1n) is 15.4. The smallest absolute Gasteiger partial charge is 0.164 e. The normalized spacial score (nSPS) is 14.4. The van der Waals surface area contributed by atoms with Crippen LogP contribution in [0.15, 0.2) is 132 Å². The van der Waals surface area contributed by atoms with Gasteiger partial charge in [0.1, 0.15) is 11.2 Å². The Bertz CT molecular complexity index is 2340. The predicted octanol–water partition coefficient (Wildman–Crippen LogP) is 10.2. The van der Waals surface area contributed by atoms with Crippen LogP contribution in [0, 0.1) is 0 Å². The molecular weight excluding hydrogens is 552 g/mol. The molecule has 1 atom stereocenters. The van der Waals surface area contributed by atoms with Gasteiger partial charge in [-0.25, -0.2) is 15.0 Å². The van der Waals surface area contributed by atoms with E-state index in [0.29, 0.717) is 23.4 Å². The number of benzene rings is 5. The lowest BCUT2D eigenvalue weighted by Gasteiger charge is -2.19. The van der Waals surface area contributed by atoms with Crippen LogP contribution in [0.4, 0.5) is 0 Å². The van der Waals surface area contributed by atoms with Crippen LogP contribution >= 0.6 is 0 Å². The van der Waals surface area contributed by atoms with Crippen LogP contribution in [-0.2, 0) is 0 Å². The summed E-state index contributed by atoms with van der Waals surface area (Å²) in [4.78, 5) is 14.7. The van der Waals surface area contributed by atoms with Crippen molar-refractivity contribution in [3.05, 3.63) is 139 Å². The molecule has 1 aliphatic carbocycles. The summed E-state index contributed by atoms with van der Waals surface area (Å²) in [6.07, 6.45) is 5.58. The zero-order valence-electron chi connectivity index (χ0n) is 24.7. The lowest BCUT2D eigenvalue weighted by Crippen LogP contribution is -2.07. The molecule has 1 aliphatic rings. The van der Waals surface area contributed by atoms with Gasteiger partial charge in [0.2, 0.25) is 0 Å².